The fourth-order valence-electron chi connectivity index (χ4n) is 2.92. The second kappa shape index (κ2) is 6.42. The maximum atomic E-state index is 13.4. The summed E-state index contributed by atoms with van der Waals surface area (Å²) in [7, 11) is -3.83. The Balaban J connectivity index is 2.28. The van der Waals surface area contributed by atoms with Crippen LogP contribution in [0.2, 0.25) is 0 Å². The minimum atomic E-state index is -3.83. The molecular weight excluding hydrogens is 293 g/mol. The van der Waals surface area contributed by atoms with Crippen molar-refractivity contribution in [2.75, 3.05) is 0 Å². The van der Waals surface area contributed by atoms with Gasteiger partial charge in [-0.15, -0.1) is 0 Å². The Labute approximate surface area is 125 Å². The topological polar surface area (TPSA) is 66.4 Å². The Morgan fingerprint density at radius 3 is 2.71 bits per heavy atom. The average molecular weight is 315 g/mol. The fraction of sp³-hybridized carbons (Fsp3) is 0.600. The van der Waals surface area contributed by atoms with Crippen molar-refractivity contribution < 1.29 is 17.9 Å². The molecule has 0 radical (unpaired) electrons. The molecule has 0 aliphatic heterocycles. The molecule has 1 aliphatic carbocycles. The van der Waals surface area contributed by atoms with E-state index in [1.54, 1.807) is 0 Å². The quantitative estimate of drug-likeness (QED) is 0.897. The number of hydrogen-bond donors (Lipinski definition) is 2. The van der Waals surface area contributed by atoms with Gasteiger partial charge in [-0.05, 0) is 36.0 Å². The maximum absolute atomic E-state index is 13.4. The summed E-state index contributed by atoms with van der Waals surface area (Å²) in [4.78, 5) is -0.171. The summed E-state index contributed by atoms with van der Waals surface area (Å²) < 4.78 is 41.0. The summed E-state index contributed by atoms with van der Waals surface area (Å²) in [5.74, 6) is 0.0635. The highest BCUT2D eigenvalue weighted by molar-refractivity contribution is 7.89. The third kappa shape index (κ3) is 3.62. The first kappa shape index (κ1) is 16.4. The molecule has 2 rings (SSSR count). The van der Waals surface area contributed by atoms with Gasteiger partial charge in [0.25, 0.3) is 0 Å². The molecule has 1 saturated carbocycles. The highest BCUT2D eigenvalue weighted by atomic mass is 32.2. The van der Waals surface area contributed by atoms with Crippen LogP contribution in [-0.4, -0.2) is 19.6 Å². The van der Waals surface area contributed by atoms with Crippen LogP contribution in [0.15, 0.2) is 23.1 Å². The Bertz CT molecular complexity index is 603. The van der Waals surface area contributed by atoms with Crippen LogP contribution in [0.3, 0.4) is 0 Å². The van der Waals surface area contributed by atoms with Gasteiger partial charge < -0.3 is 5.11 Å². The minimum absolute atomic E-state index is 0.145. The second-order valence-corrected chi connectivity index (χ2v) is 7.59. The third-order valence-corrected chi connectivity index (χ3v) is 6.07. The van der Waals surface area contributed by atoms with Crippen LogP contribution in [0.1, 0.15) is 38.7 Å². The second-order valence-electron chi connectivity index (χ2n) is 5.91. The summed E-state index contributed by atoms with van der Waals surface area (Å²) in [6.45, 7) is 3.72. The average Bonchev–Trinajstić information content (AvgIpc) is 2.44. The number of aliphatic hydroxyl groups excluding tert-OH is 1. The number of hydrogen-bond acceptors (Lipinski definition) is 3. The Morgan fingerprint density at radius 1 is 1.33 bits per heavy atom. The summed E-state index contributed by atoms with van der Waals surface area (Å²) in [5.41, 5.74) is 0.209. The molecule has 0 aromatic heterocycles. The van der Waals surface area contributed by atoms with Gasteiger partial charge in [-0.3, -0.25) is 0 Å². The van der Waals surface area contributed by atoms with Crippen LogP contribution >= 0.6 is 0 Å². The van der Waals surface area contributed by atoms with Gasteiger partial charge in [0, 0.05) is 6.04 Å². The lowest BCUT2D eigenvalue weighted by Gasteiger charge is -2.34. The molecule has 4 nitrogen and oxygen atoms in total. The molecule has 1 aromatic carbocycles. The van der Waals surface area contributed by atoms with Gasteiger partial charge in [0.1, 0.15) is 5.82 Å². The van der Waals surface area contributed by atoms with E-state index < -0.39 is 22.4 Å². The van der Waals surface area contributed by atoms with E-state index in [0.29, 0.717) is 5.92 Å². The molecule has 118 valence electrons. The highest BCUT2D eigenvalue weighted by Crippen LogP contribution is 2.30. The first-order valence-electron chi connectivity index (χ1n) is 7.26. The van der Waals surface area contributed by atoms with E-state index >= 15 is 0 Å². The molecular formula is C15H22FNO3S. The number of rotatable bonds is 4. The fourth-order valence-corrected chi connectivity index (χ4v) is 4.52. The van der Waals surface area contributed by atoms with Gasteiger partial charge in [-0.2, -0.15) is 0 Å². The summed E-state index contributed by atoms with van der Waals surface area (Å²) in [6.07, 6.45) is 2.87. The number of sulfonamides is 1. The maximum Gasteiger partial charge on any atom is 0.241 e. The lowest BCUT2D eigenvalue weighted by molar-refractivity contribution is 0.226. The summed E-state index contributed by atoms with van der Waals surface area (Å²) in [5, 5.41) is 9.26. The third-order valence-electron chi connectivity index (χ3n) is 4.50. The van der Waals surface area contributed by atoms with Crippen LogP contribution in [0.25, 0.3) is 0 Å². The van der Waals surface area contributed by atoms with Gasteiger partial charge in [0.15, 0.2) is 0 Å². The SMILES string of the molecule is CC1CCCC(NS(=O)(=O)c2cc(F)ccc2CO)C1C. The molecule has 3 atom stereocenters. The normalized spacial score (nSPS) is 26.8. The zero-order chi connectivity index (χ0) is 15.6. The van der Waals surface area contributed by atoms with Crippen molar-refractivity contribution in [1.82, 2.24) is 4.72 Å². The summed E-state index contributed by atoms with van der Waals surface area (Å²) in [6, 6.07) is 3.27. The molecule has 0 heterocycles. The molecule has 21 heavy (non-hydrogen) atoms. The van der Waals surface area contributed by atoms with E-state index in [-0.39, 0.29) is 22.4 Å². The monoisotopic (exact) mass is 315 g/mol. The van der Waals surface area contributed by atoms with Crippen LogP contribution in [0.5, 0.6) is 0 Å². The van der Waals surface area contributed by atoms with E-state index in [0.717, 1.165) is 31.4 Å². The molecule has 1 aromatic rings. The molecule has 2 N–H and O–H groups in total. The van der Waals surface area contributed by atoms with Crippen molar-refractivity contribution in [2.45, 2.75) is 50.7 Å². The van der Waals surface area contributed by atoms with E-state index in [1.807, 2.05) is 6.92 Å². The van der Waals surface area contributed by atoms with E-state index in [1.165, 1.54) is 6.07 Å². The predicted octanol–water partition coefficient (Wildman–Crippen LogP) is 2.42. The zero-order valence-electron chi connectivity index (χ0n) is 12.3. The van der Waals surface area contributed by atoms with Gasteiger partial charge in [0.05, 0.1) is 11.5 Å². The molecule has 1 aliphatic rings. The Morgan fingerprint density at radius 2 is 2.05 bits per heavy atom. The van der Waals surface area contributed by atoms with Crippen LogP contribution in [0, 0.1) is 17.7 Å². The minimum Gasteiger partial charge on any atom is -0.392 e. The van der Waals surface area contributed by atoms with E-state index in [4.69, 9.17) is 0 Å². The lowest BCUT2D eigenvalue weighted by Crippen LogP contribution is -2.43. The van der Waals surface area contributed by atoms with Crippen molar-refractivity contribution in [3.05, 3.63) is 29.6 Å². The van der Waals surface area contributed by atoms with Crippen LogP contribution < -0.4 is 4.72 Å². The van der Waals surface area contributed by atoms with Crippen molar-refractivity contribution in [1.29, 1.82) is 0 Å². The van der Waals surface area contributed by atoms with Crippen molar-refractivity contribution in [2.24, 2.45) is 11.8 Å². The number of halogens is 1. The van der Waals surface area contributed by atoms with Gasteiger partial charge in [-0.1, -0.05) is 32.8 Å². The highest BCUT2D eigenvalue weighted by Gasteiger charge is 2.31. The first-order valence-corrected chi connectivity index (χ1v) is 8.75. The first-order chi connectivity index (χ1) is 9.85. The van der Waals surface area contributed by atoms with Crippen molar-refractivity contribution in [3.8, 4) is 0 Å². The molecule has 3 unspecified atom stereocenters. The van der Waals surface area contributed by atoms with Crippen molar-refractivity contribution in [3.63, 3.8) is 0 Å². The van der Waals surface area contributed by atoms with Gasteiger partial charge in [-0.25, -0.2) is 17.5 Å². The largest absolute Gasteiger partial charge is 0.392 e. The zero-order valence-corrected chi connectivity index (χ0v) is 13.2. The Hall–Kier alpha value is -0.980. The molecule has 0 amide bonds. The molecule has 0 saturated heterocycles. The lowest BCUT2D eigenvalue weighted by atomic mass is 9.78. The van der Waals surface area contributed by atoms with E-state index in [9.17, 15) is 17.9 Å². The van der Waals surface area contributed by atoms with Gasteiger partial charge >= 0.3 is 0 Å². The van der Waals surface area contributed by atoms with Crippen LogP contribution in [0.4, 0.5) is 4.39 Å². The Kier molecular flexibility index (Phi) is 5.01. The number of nitrogens with one attached hydrogen (secondary N) is 1. The number of aliphatic hydroxyl groups is 1. The molecule has 6 heteroatoms. The molecule has 0 bridgehead atoms. The summed E-state index contributed by atoms with van der Waals surface area (Å²) >= 11 is 0. The number of benzene rings is 1. The van der Waals surface area contributed by atoms with Crippen molar-refractivity contribution >= 4 is 10.0 Å². The predicted molar refractivity (Wildman–Crippen MR) is 78.6 cm³/mol. The molecule has 0 spiro atoms. The molecule has 1 fully saturated rings. The van der Waals surface area contributed by atoms with Gasteiger partial charge in [0.2, 0.25) is 10.0 Å². The van der Waals surface area contributed by atoms with Crippen LogP contribution in [-0.2, 0) is 16.6 Å². The smallest absolute Gasteiger partial charge is 0.241 e. The standard InChI is InChI=1S/C15H22FNO3S/c1-10-4-3-5-14(11(10)2)17-21(19,20)15-8-13(16)7-6-12(15)9-18/h6-8,10-11,14,17-18H,3-5,9H2,1-2H3. The van der Waals surface area contributed by atoms with E-state index in [2.05, 4.69) is 11.6 Å².